The Morgan fingerprint density at radius 1 is 1.07 bits per heavy atom. The van der Waals surface area contributed by atoms with E-state index in [1.165, 1.54) is 0 Å². The lowest BCUT2D eigenvalue weighted by Gasteiger charge is -2.41. The summed E-state index contributed by atoms with van der Waals surface area (Å²) < 4.78 is 86.1. The first-order chi connectivity index (χ1) is 13.5. The van der Waals surface area contributed by atoms with E-state index in [1.54, 1.807) is 20.8 Å². The minimum atomic E-state index is -4.89. The van der Waals surface area contributed by atoms with Crippen LogP contribution >= 0.6 is 0 Å². The van der Waals surface area contributed by atoms with Crippen LogP contribution in [0, 0.1) is 5.41 Å². The molecule has 0 aromatic heterocycles. The van der Waals surface area contributed by atoms with E-state index >= 15 is 0 Å². The normalized spacial score (nSPS) is 18.2. The third kappa shape index (κ3) is 7.54. The number of carbonyl (C=O) groups excluding carboxylic acids is 2. The minimum Gasteiger partial charge on any atom is -0.444 e. The van der Waals surface area contributed by atoms with Crippen LogP contribution in [0.25, 0.3) is 0 Å². The van der Waals surface area contributed by atoms with Gasteiger partial charge in [-0.2, -0.15) is 26.3 Å². The number of nitrogens with zero attached hydrogens (tertiary/aromatic N) is 2. The third-order valence-electron chi connectivity index (χ3n) is 4.03. The van der Waals surface area contributed by atoms with Crippen LogP contribution in [0.4, 0.5) is 31.1 Å². The van der Waals surface area contributed by atoms with E-state index in [-0.39, 0.29) is 13.1 Å². The summed E-state index contributed by atoms with van der Waals surface area (Å²) in [6.07, 6.45) is -11.7. The number of halogens is 6. The van der Waals surface area contributed by atoms with E-state index in [0.29, 0.717) is 0 Å². The second kappa shape index (κ2) is 9.27. The molecule has 30 heavy (non-hydrogen) atoms. The number of oxime groups is 1. The molecule has 0 aromatic rings. The van der Waals surface area contributed by atoms with Gasteiger partial charge in [0.05, 0.1) is 0 Å². The van der Waals surface area contributed by atoms with Crippen molar-refractivity contribution < 1.29 is 50.2 Å². The van der Waals surface area contributed by atoms with Crippen LogP contribution in [0.2, 0.25) is 0 Å². The predicted octanol–water partition coefficient (Wildman–Crippen LogP) is 2.96. The maximum atomic E-state index is 13.7. The van der Waals surface area contributed by atoms with Gasteiger partial charge in [0.25, 0.3) is 0 Å². The number of carbonyl (C=O) groups is 2. The Hall–Kier alpha value is -2.25. The molecular weight excluding hydrogens is 428 g/mol. The third-order valence-corrected chi connectivity index (χ3v) is 4.03. The van der Waals surface area contributed by atoms with Gasteiger partial charge in [-0.25, -0.2) is 9.59 Å². The zero-order valence-corrected chi connectivity index (χ0v) is 16.5. The van der Waals surface area contributed by atoms with Crippen LogP contribution in [0.1, 0.15) is 33.6 Å². The first-order valence-corrected chi connectivity index (χ1v) is 8.70. The molecule has 0 unspecified atom stereocenters. The molecule has 0 atom stereocenters. The highest BCUT2D eigenvalue weighted by atomic mass is 19.4. The topological polar surface area (TPSA) is 103 Å². The first kappa shape index (κ1) is 25.8. The lowest BCUT2D eigenvalue weighted by atomic mass is 9.76. The molecule has 1 saturated heterocycles. The summed E-state index contributed by atoms with van der Waals surface area (Å²) in [6, 6.07) is 0. The van der Waals surface area contributed by atoms with Crippen LogP contribution < -0.4 is 5.73 Å². The van der Waals surface area contributed by atoms with Gasteiger partial charge in [-0.1, -0.05) is 5.16 Å². The summed E-state index contributed by atoms with van der Waals surface area (Å²) in [5, 5.41) is 2.96. The fourth-order valence-corrected chi connectivity index (χ4v) is 2.55. The number of alkyl halides is 6. The van der Waals surface area contributed by atoms with Gasteiger partial charge in [-0.15, -0.1) is 0 Å². The van der Waals surface area contributed by atoms with Gasteiger partial charge < -0.3 is 24.9 Å². The van der Waals surface area contributed by atoms with Crippen molar-refractivity contribution in [2.75, 3.05) is 26.3 Å². The molecule has 1 amide bonds. The fourth-order valence-electron chi connectivity index (χ4n) is 2.55. The summed E-state index contributed by atoms with van der Waals surface area (Å²) in [4.78, 5) is 28.6. The van der Waals surface area contributed by atoms with Crippen molar-refractivity contribution in [3.8, 4) is 0 Å². The van der Waals surface area contributed by atoms with Gasteiger partial charge in [-0.3, -0.25) is 0 Å². The Morgan fingerprint density at radius 3 is 2.03 bits per heavy atom. The Labute approximate surface area is 168 Å². The van der Waals surface area contributed by atoms with Gasteiger partial charge in [0, 0.05) is 13.1 Å². The van der Waals surface area contributed by atoms with Crippen LogP contribution in [-0.4, -0.2) is 67.1 Å². The van der Waals surface area contributed by atoms with Crippen LogP contribution in [0.3, 0.4) is 0 Å². The zero-order chi connectivity index (χ0) is 23.4. The van der Waals surface area contributed by atoms with Gasteiger partial charge in [0.15, 0.2) is 5.84 Å². The molecule has 0 aliphatic carbocycles. The summed E-state index contributed by atoms with van der Waals surface area (Å²) >= 11 is 0. The number of rotatable bonds is 5. The molecule has 0 radical (unpaired) electrons. The molecule has 0 spiro atoms. The summed E-state index contributed by atoms with van der Waals surface area (Å²) in [5.41, 5.74) is 1.92. The highest BCUT2D eigenvalue weighted by Crippen LogP contribution is 2.46. The smallest absolute Gasteiger partial charge is 0.411 e. The van der Waals surface area contributed by atoms with Gasteiger partial charge >= 0.3 is 24.4 Å². The van der Waals surface area contributed by atoms with Crippen molar-refractivity contribution in [3.05, 3.63) is 0 Å². The quantitative estimate of drug-likeness (QED) is 0.227. The number of likely N-dealkylation sites (tertiary alicyclic amines) is 1. The number of ether oxygens (including phenoxy) is 2. The highest BCUT2D eigenvalue weighted by molar-refractivity contribution is 5.88. The summed E-state index contributed by atoms with van der Waals surface area (Å²) in [6.45, 7) is 1.18. The number of nitrogens with two attached hydrogens (primary N) is 1. The predicted molar refractivity (Wildman–Crippen MR) is 90.1 cm³/mol. The summed E-state index contributed by atoms with van der Waals surface area (Å²) in [5.74, 6) is -2.53. The Morgan fingerprint density at radius 2 is 1.60 bits per heavy atom. The SMILES string of the molecule is CC(C)(C)OC(=O)N1CCC(/C(N)=N/OC(=O)COCC(F)(F)F)(C(F)(F)F)CC1. The molecule has 1 aliphatic rings. The van der Waals surface area contributed by atoms with Crippen molar-refractivity contribution in [3.63, 3.8) is 0 Å². The van der Waals surface area contributed by atoms with Crippen LogP contribution in [0.15, 0.2) is 5.16 Å². The van der Waals surface area contributed by atoms with Gasteiger partial charge in [-0.05, 0) is 33.6 Å². The molecule has 2 N–H and O–H groups in total. The number of piperidine rings is 1. The fraction of sp³-hybridized carbons (Fsp3) is 0.812. The second-order valence-electron chi connectivity index (χ2n) is 7.60. The van der Waals surface area contributed by atoms with Crippen LogP contribution in [0.5, 0.6) is 0 Å². The van der Waals surface area contributed by atoms with E-state index in [1.807, 2.05) is 0 Å². The Kier molecular flexibility index (Phi) is 7.96. The molecule has 1 heterocycles. The molecule has 0 aromatic carbocycles. The lowest BCUT2D eigenvalue weighted by Crippen LogP contribution is -2.56. The zero-order valence-electron chi connectivity index (χ0n) is 16.5. The number of hydrogen-bond acceptors (Lipinski definition) is 6. The minimum absolute atomic E-state index is 0.354. The van der Waals surface area contributed by atoms with Crippen molar-refractivity contribution in [1.82, 2.24) is 4.90 Å². The van der Waals surface area contributed by atoms with Gasteiger partial charge in [0.1, 0.15) is 24.2 Å². The molecule has 8 nitrogen and oxygen atoms in total. The molecule has 174 valence electrons. The monoisotopic (exact) mass is 451 g/mol. The number of amidine groups is 1. The average Bonchev–Trinajstić information content (AvgIpc) is 2.56. The maximum Gasteiger partial charge on any atom is 0.411 e. The van der Waals surface area contributed by atoms with Crippen LogP contribution in [-0.2, 0) is 19.1 Å². The van der Waals surface area contributed by atoms with Crippen molar-refractivity contribution >= 4 is 17.9 Å². The summed E-state index contributed by atoms with van der Waals surface area (Å²) in [7, 11) is 0. The van der Waals surface area contributed by atoms with E-state index < -0.39 is 67.3 Å². The Balaban J connectivity index is 2.79. The molecule has 1 aliphatic heterocycles. The maximum absolute atomic E-state index is 13.7. The molecule has 14 heteroatoms. The average molecular weight is 451 g/mol. The largest absolute Gasteiger partial charge is 0.444 e. The molecular formula is C16H23F6N3O5. The van der Waals surface area contributed by atoms with E-state index in [4.69, 9.17) is 10.5 Å². The number of amides is 1. The Bertz CT molecular complexity index is 649. The second-order valence-corrected chi connectivity index (χ2v) is 7.60. The highest BCUT2D eigenvalue weighted by Gasteiger charge is 2.59. The number of hydrogen-bond donors (Lipinski definition) is 1. The lowest BCUT2D eigenvalue weighted by molar-refractivity contribution is -0.210. The van der Waals surface area contributed by atoms with E-state index in [2.05, 4.69) is 14.7 Å². The van der Waals surface area contributed by atoms with E-state index in [9.17, 15) is 35.9 Å². The molecule has 0 bridgehead atoms. The van der Waals surface area contributed by atoms with Gasteiger partial charge in [0.2, 0.25) is 0 Å². The molecule has 1 fully saturated rings. The molecule has 0 saturated carbocycles. The van der Waals surface area contributed by atoms with Crippen molar-refractivity contribution in [2.24, 2.45) is 16.3 Å². The first-order valence-electron chi connectivity index (χ1n) is 8.70. The van der Waals surface area contributed by atoms with Crippen molar-refractivity contribution in [2.45, 2.75) is 51.6 Å². The van der Waals surface area contributed by atoms with E-state index in [0.717, 1.165) is 4.90 Å². The molecule has 1 rings (SSSR count). The van der Waals surface area contributed by atoms with Crippen molar-refractivity contribution in [1.29, 1.82) is 0 Å². The standard InChI is InChI=1S/C16H23F6N3O5/c1-13(2,3)29-12(27)25-6-4-14(5-7-25,16(20,21)22)11(23)24-30-10(26)8-28-9-15(17,18)19/h4-9H2,1-3H3,(H2,23,24).